The number of hydrogen-bond acceptors (Lipinski definition) is 3. The minimum atomic E-state index is -0.454. The van der Waals surface area contributed by atoms with Gasteiger partial charge in [-0.15, -0.1) is 0 Å². The van der Waals surface area contributed by atoms with Crippen LogP contribution in [0.1, 0.15) is 5.56 Å². The van der Waals surface area contributed by atoms with Crippen LogP contribution >= 0.6 is 0 Å². The number of pyridine rings is 1. The summed E-state index contributed by atoms with van der Waals surface area (Å²) in [5, 5.41) is 0. The highest BCUT2D eigenvalue weighted by molar-refractivity contribution is 5.98. The number of imidazole rings is 1. The molecule has 0 fully saturated rings. The zero-order valence-electron chi connectivity index (χ0n) is 7.68. The molecule has 0 aliphatic heterocycles. The molecule has 0 aliphatic rings. The van der Waals surface area contributed by atoms with Gasteiger partial charge in [-0.3, -0.25) is 4.98 Å². The second-order valence-electron chi connectivity index (χ2n) is 2.80. The summed E-state index contributed by atoms with van der Waals surface area (Å²) in [6.45, 7) is 0. The SMILES string of the molecule is NC(=Nc1ncc[nH]1)c1cncc(F)c1. The molecule has 0 radical (unpaired) electrons. The van der Waals surface area contributed by atoms with Gasteiger partial charge in [-0.1, -0.05) is 0 Å². The lowest BCUT2D eigenvalue weighted by Gasteiger charge is -1.98. The maximum atomic E-state index is 12.8. The van der Waals surface area contributed by atoms with Crippen molar-refractivity contribution < 1.29 is 4.39 Å². The molecule has 2 heterocycles. The molecule has 2 aromatic heterocycles. The summed E-state index contributed by atoms with van der Waals surface area (Å²) >= 11 is 0. The van der Waals surface area contributed by atoms with Crippen molar-refractivity contribution in [1.82, 2.24) is 15.0 Å². The van der Waals surface area contributed by atoms with E-state index in [4.69, 9.17) is 5.73 Å². The topological polar surface area (TPSA) is 80.0 Å². The van der Waals surface area contributed by atoms with Crippen molar-refractivity contribution in [3.8, 4) is 0 Å². The van der Waals surface area contributed by atoms with Gasteiger partial charge < -0.3 is 10.7 Å². The van der Waals surface area contributed by atoms with Gasteiger partial charge >= 0.3 is 0 Å². The summed E-state index contributed by atoms with van der Waals surface area (Å²) in [6, 6.07) is 1.26. The van der Waals surface area contributed by atoms with Crippen LogP contribution < -0.4 is 5.73 Å². The Kier molecular flexibility index (Phi) is 2.40. The first kappa shape index (κ1) is 9.32. The van der Waals surface area contributed by atoms with E-state index in [0.717, 1.165) is 6.20 Å². The van der Waals surface area contributed by atoms with Gasteiger partial charge in [-0.05, 0) is 6.07 Å². The molecule has 0 saturated heterocycles. The van der Waals surface area contributed by atoms with Crippen LogP contribution in [0.5, 0.6) is 0 Å². The van der Waals surface area contributed by atoms with Gasteiger partial charge in [0.1, 0.15) is 11.7 Å². The van der Waals surface area contributed by atoms with Crippen LogP contribution in [-0.4, -0.2) is 20.8 Å². The standard InChI is InChI=1S/C9H8FN5/c10-7-3-6(4-12-5-7)8(11)15-9-13-1-2-14-9/h1-5H,(H3,11,13,14,15). The number of aromatic nitrogens is 3. The first-order valence-electron chi connectivity index (χ1n) is 4.20. The minimum Gasteiger partial charge on any atom is -0.383 e. The molecule has 0 atom stereocenters. The predicted octanol–water partition coefficient (Wildman–Crippen LogP) is 0.981. The highest BCUT2D eigenvalue weighted by atomic mass is 19.1. The lowest BCUT2D eigenvalue weighted by molar-refractivity contribution is 0.621. The second kappa shape index (κ2) is 3.87. The molecule has 0 spiro atoms. The van der Waals surface area contributed by atoms with Gasteiger partial charge in [0, 0.05) is 24.2 Å². The molecule has 3 N–H and O–H groups in total. The van der Waals surface area contributed by atoms with Gasteiger partial charge in [0.2, 0.25) is 5.95 Å². The van der Waals surface area contributed by atoms with E-state index in [1.165, 1.54) is 12.3 Å². The Hall–Kier alpha value is -2.24. The summed E-state index contributed by atoms with van der Waals surface area (Å²) in [5.41, 5.74) is 6.06. The Morgan fingerprint density at radius 2 is 2.33 bits per heavy atom. The van der Waals surface area contributed by atoms with Gasteiger partial charge in [-0.25, -0.2) is 9.37 Å². The Labute approximate surface area is 84.9 Å². The fraction of sp³-hybridized carbons (Fsp3) is 0. The van der Waals surface area contributed by atoms with Crippen LogP contribution in [0, 0.1) is 5.82 Å². The predicted molar refractivity (Wildman–Crippen MR) is 53.2 cm³/mol. The van der Waals surface area contributed by atoms with Gasteiger partial charge in [0.05, 0.1) is 6.20 Å². The zero-order valence-corrected chi connectivity index (χ0v) is 7.68. The monoisotopic (exact) mass is 205 g/mol. The Balaban J connectivity index is 2.32. The molecule has 0 saturated carbocycles. The van der Waals surface area contributed by atoms with Crippen molar-refractivity contribution >= 4 is 11.8 Å². The molecule has 5 nitrogen and oxygen atoms in total. The van der Waals surface area contributed by atoms with Crippen molar-refractivity contribution in [1.29, 1.82) is 0 Å². The van der Waals surface area contributed by atoms with E-state index in [2.05, 4.69) is 19.9 Å². The summed E-state index contributed by atoms with van der Waals surface area (Å²) in [4.78, 5) is 14.2. The Morgan fingerprint density at radius 1 is 1.47 bits per heavy atom. The lowest BCUT2D eigenvalue weighted by atomic mass is 10.2. The molecule has 0 aromatic carbocycles. The van der Waals surface area contributed by atoms with E-state index >= 15 is 0 Å². The number of hydrogen-bond donors (Lipinski definition) is 2. The molecule has 6 heteroatoms. The number of aromatic amines is 1. The van der Waals surface area contributed by atoms with Crippen molar-refractivity contribution in [2.24, 2.45) is 10.7 Å². The number of nitrogens with two attached hydrogens (primary N) is 1. The molecule has 15 heavy (non-hydrogen) atoms. The first-order valence-corrected chi connectivity index (χ1v) is 4.20. The van der Waals surface area contributed by atoms with Gasteiger partial charge in [0.15, 0.2) is 0 Å². The molecule has 2 rings (SSSR count). The number of halogens is 1. The summed E-state index contributed by atoms with van der Waals surface area (Å²) in [6.07, 6.45) is 5.71. The summed E-state index contributed by atoms with van der Waals surface area (Å²) < 4.78 is 12.8. The molecular weight excluding hydrogens is 197 g/mol. The molecular formula is C9H8FN5. The number of rotatable bonds is 2. The fourth-order valence-electron chi connectivity index (χ4n) is 1.05. The number of nitrogens with zero attached hydrogens (tertiary/aromatic N) is 3. The third-order valence-electron chi connectivity index (χ3n) is 1.71. The van der Waals surface area contributed by atoms with E-state index in [1.807, 2.05) is 0 Å². The van der Waals surface area contributed by atoms with E-state index in [1.54, 1.807) is 12.4 Å². The highest BCUT2D eigenvalue weighted by Crippen LogP contribution is 2.05. The molecule has 0 aliphatic carbocycles. The van der Waals surface area contributed by atoms with Gasteiger partial charge in [0.25, 0.3) is 0 Å². The molecule has 2 aromatic rings. The van der Waals surface area contributed by atoms with E-state index < -0.39 is 5.82 Å². The zero-order chi connectivity index (χ0) is 10.7. The molecule has 0 bridgehead atoms. The van der Waals surface area contributed by atoms with Crippen LogP contribution in [0.2, 0.25) is 0 Å². The molecule has 0 amide bonds. The number of aliphatic imine (C=N–C) groups is 1. The van der Waals surface area contributed by atoms with E-state index in [-0.39, 0.29) is 5.84 Å². The van der Waals surface area contributed by atoms with Crippen molar-refractivity contribution in [2.75, 3.05) is 0 Å². The van der Waals surface area contributed by atoms with Crippen LogP contribution in [0.15, 0.2) is 35.8 Å². The number of nitrogens with one attached hydrogen (secondary N) is 1. The van der Waals surface area contributed by atoms with Crippen LogP contribution in [0.4, 0.5) is 10.3 Å². The van der Waals surface area contributed by atoms with Crippen LogP contribution in [0.3, 0.4) is 0 Å². The average molecular weight is 205 g/mol. The molecule has 76 valence electrons. The normalized spacial score (nSPS) is 11.7. The highest BCUT2D eigenvalue weighted by Gasteiger charge is 2.01. The quantitative estimate of drug-likeness (QED) is 0.566. The largest absolute Gasteiger partial charge is 0.383 e. The van der Waals surface area contributed by atoms with Crippen molar-refractivity contribution in [3.63, 3.8) is 0 Å². The first-order chi connectivity index (χ1) is 7.25. The van der Waals surface area contributed by atoms with E-state index in [9.17, 15) is 4.39 Å². The Bertz CT molecular complexity index is 477. The number of H-pyrrole nitrogens is 1. The lowest BCUT2D eigenvalue weighted by Crippen LogP contribution is -2.13. The fourth-order valence-corrected chi connectivity index (χ4v) is 1.05. The maximum absolute atomic E-state index is 12.8. The molecule has 0 unspecified atom stereocenters. The second-order valence-corrected chi connectivity index (χ2v) is 2.80. The van der Waals surface area contributed by atoms with Crippen LogP contribution in [0.25, 0.3) is 0 Å². The van der Waals surface area contributed by atoms with Crippen molar-refractivity contribution in [3.05, 3.63) is 42.2 Å². The van der Waals surface area contributed by atoms with Gasteiger partial charge in [-0.2, -0.15) is 4.99 Å². The van der Waals surface area contributed by atoms with E-state index in [0.29, 0.717) is 11.5 Å². The third-order valence-corrected chi connectivity index (χ3v) is 1.71. The Morgan fingerprint density at radius 3 is 3.00 bits per heavy atom. The van der Waals surface area contributed by atoms with Crippen LogP contribution in [-0.2, 0) is 0 Å². The smallest absolute Gasteiger partial charge is 0.228 e. The van der Waals surface area contributed by atoms with Crippen molar-refractivity contribution in [2.45, 2.75) is 0 Å². The maximum Gasteiger partial charge on any atom is 0.228 e. The summed E-state index contributed by atoms with van der Waals surface area (Å²) in [5.74, 6) is 0.0822. The average Bonchev–Trinajstić information content (AvgIpc) is 2.70. The minimum absolute atomic E-state index is 0.164. The third kappa shape index (κ3) is 2.16. The number of amidine groups is 1. The summed E-state index contributed by atoms with van der Waals surface area (Å²) in [7, 11) is 0.